The van der Waals surface area contributed by atoms with E-state index in [1.165, 1.54) is 7.11 Å². The van der Waals surface area contributed by atoms with Crippen molar-refractivity contribution in [1.82, 2.24) is 11.1 Å². The van der Waals surface area contributed by atoms with Crippen LogP contribution >= 0.6 is 0 Å². The molecule has 0 aliphatic carbocycles. The van der Waals surface area contributed by atoms with Crippen molar-refractivity contribution in [2.24, 2.45) is 0 Å². The summed E-state index contributed by atoms with van der Waals surface area (Å²) in [6.45, 7) is 0.0541. The van der Waals surface area contributed by atoms with Crippen LogP contribution in [0.2, 0.25) is 0 Å². The number of carbonyl (C=O) groups is 1. The largest absolute Gasteiger partial charge is 0.359 e. The number of hydroxylamine groups is 1. The van der Waals surface area contributed by atoms with E-state index in [-0.39, 0.29) is 6.73 Å². The van der Waals surface area contributed by atoms with Gasteiger partial charge in [-0.15, -0.1) is 0 Å². The first kappa shape index (κ1) is 11.6. The molecule has 6 heteroatoms. The number of hydrogen-bond donors (Lipinski definition) is 2. The SMILES string of the molecule is CONCONOC(=O)c1ccccc1. The van der Waals surface area contributed by atoms with Gasteiger partial charge >= 0.3 is 5.97 Å². The number of rotatable bonds is 6. The zero-order valence-electron chi connectivity index (χ0n) is 8.23. The molecule has 1 rings (SSSR count). The molecule has 0 aromatic heterocycles. The minimum atomic E-state index is -0.520. The number of nitrogens with one attached hydrogen (secondary N) is 2. The Balaban J connectivity index is 2.20. The second-order valence-corrected chi connectivity index (χ2v) is 2.48. The Morgan fingerprint density at radius 3 is 2.73 bits per heavy atom. The third-order valence-electron chi connectivity index (χ3n) is 1.48. The van der Waals surface area contributed by atoms with Gasteiger partial charge < -0.3 is 9.68 Å². The summed E-state index contributed by atoms with van der Waals surface area (Å²) in [5.41, 5.74) is 4.85. The van der Waals surface area contributed by atoms with E-state index in [9.17, 15) is 4.79 Å². The summed E-state index contributed by atoms with van der Waals surface area (Å²) < 4.78 is 0. The Labute approximate surface area is 87.0 Å². The maximum Gasteiger partial charge on any atom is 0.359 e. The maximum absolute atomic E-state index is 11.3. The van der Waals surface area contributed by atoms with Crippen LogP contribution in [-0.2, 0) is 14.5 Å². The highest BCUT2D eigenvalue weighted by atomic mass is 16.9. The van der Waals surface area contributed by atoms with Crippen LogP contribution in [0.5, 0.6) is 0 Å². The van der Waals surface area contributed by atoms with Crippen LogP contribution in [0, 0.1) is 0 Å². The molecule has 0 aliphatic heterocycles. The molecular formula is C9H12N2O4. The fraction of sp³-hybridized carbons (Fsp3) is 0.222. The Kier molecular flexibility index (Phi) is 5.34. The lowest BCUT2D eigenvalue weighted by Crippen LogP contribution is -2.26. The minimum Gasteiger partial charge on any atom is -0.340 e. The number of carbonyl (C=O) groups excluding carboxylic acids is 1. The molecule has 1 aromatic carbocycles. The molecule has 0 aliphatic rings. The van der Waals surface area contributed by atoms with E-state index >= 15 is 0 Å². The summed E-state index contributed by atoms with van der Waals surface area (Å²) >= 11 is 0. The fourth-order valence-corrected chi connectivity index (χ4v) is 0.818. The standard InChI is InChI=1S/C9H12N2O4/c1-13-10-7-14-11-15-9(12)8-5-3-2-4-6-8/h2-6,10-11H,7H2,1H3. The van der Waals surface area contributed by atoms with Gasteiger partial charge in [-0.05, 0) is 17.8 Å². The van der Waals surface area contributed by atoms with Crippen molar-refractivity contribution in [2.75, 3.05) is 13.8 Å². The van der Waals surface area contributed by atoms with Gasteiger partial charge in [0.1, 0.15) is 6.73 Å². The number of benzene rings is 1. The molecule has 6 nitrogen and oxygen atoms in total. The van der Waals surface area contributed by atoms with Crippen molar-refractivity contribution in [3.63, 3.8) is 0 Å². The molecule has 0 radical (unpaired) electrons. The maximum atomic E-state index is 11.3. The monoisotopic (exact) mass is 212 g/mol. The highest BCUT2D eigenvalue weighted by Gasteiger charge is 2.05. The molecule has 0 fully saturated rings. The van der Waals surface area contributed by atoms with Gasteiger partial charge in [0.15, 0.2) is 0 Å². The molecule has 82 valence electrons. The molecule has 0 amide bonds. The van der Waals surface area contributed by atoms with Gasteiger partial charge in [-0.3, -0.25) is 0 Å². The average Bonchev–Trinajstić information content (AvgIpc) is 2.30. The zero-order valence-corrected chi connectivity index (χ0v) is 8.23. The van der Waals surface area contributed by atoms with Gasteiger partial charge in [-0.1, -0.05) is 18.2 Å². The van der Waals surface area contributed by atoms with E-state index < -0.39 is 5.97 Å². The molecule has 0 bridgehead atoms. The third-order valence-corrected chi connectivity index (χ3v) is 1.48. The van der Waals surface area contributed by atoms with Crippen molar-refractivity contribution < 1.29 is 19.3 Å². The predicted molar refractivity (Wildman–Crippen MR) is 51.1 cm³/mol. The van der Waals surface area contributed by atoms with Crippen LogP contribution in [0.15, 0.2) is 30.3 Å². The molecule has 0 saturated heterocycles. The summed E-state index contributed by atoms with van der Waals surface area (Å²) in [4.78, 5) is 24.9. The molecule has 15 heavy (non-hydrogen) atoms. The highest BCUT2D eigenvalue weighted by Crippen LogP contribution is 1.99. The first-order valence-electron chi connectivity index (χ1n) is 4.23. The van der Waals surface area contributed by atoms with E-state index in [1.807, 2.05) is 11.7 Å². The second-order valence-electron chi connectivity index (χ2n) is 2.48. The summed E-state index contributed by atoms with van der Waals surface area (Å²) in [6, 6.07) is 8.56. The first-order valence-corrected chi connectivity index (χ1v) is 4.23. The van der Waals surface area contributed by atoms with Crippen LogP contribution in [0.4, 0.5) is 0 Å². The fourth-order valence-electron chi connectivity index (χ4n) is 0.818. The smallest absolute Gasteiger partial charge is 0.340 e. The van der Waals surface area contributed by atoms with Gasteiger partial charge in [-0.25, -0.2) is 9.63 Å². The molecule has 1 aromatic rings. The normalized spacial score (nSPS) is 9.93. The van der Waals surface area contributed by atoms with E-state index in [4.69, 9.17) is 0 Å². The quantitative estimate of drug-likeness (QED) is 0.404. The topological polar surface area (TPSA) is 68.8 Å². The van der Waals surface area contributed by atoms with E-state index in [1.54, 1.807) is 24.3 Å². The molecular weight excluding hydrogens is 200 g/mol. The second kappa shape index (κ2) is 6.91. The Morgan fingerprint density at radius 2 is 2.07 bits per heavy atom. The molecule has 2 N–H and O–H groups in total. The Hall–Kier alpha value is -1.47. The van der Waals surface area contributed by atoms with Crippen LogP contribution in [-0.4, -0.2) is 19.8 Å². The lowest BCUT2D eigenvalue weighted by Gasteiger charge is -2.05. The van der Waals surface area contributed by atoms with Gasteiger partial charge in [-0.2, -0.15) is 5.48 Å². The lowest BCUT2D eigenvalue weighted by atomic mass is 10.2. The first-order chi connectivity index (χ1) is 7.34. The summed E-state index contributed by atoms with van der Waals surface area (Å²) in [6.07, 6.45) is 0. The van der Waals surface area contributed by atoms with Crippen LogP contribution < -0.4 is 11.1 Å². The van der Waals surface area contributed by atoms with Crippen LogP contribution in [0.3, 0.4) is 0 Å². The molecule has 0 atom stereocenters. The average molecular weight is 212 g/mol. The summed E-state index contributed by atoms with van der Waals surface area (Å²) in [5, 5.41) is 0. The van der Waals surface area contributed by atoms with Gasteiger partial charge in [0.2, 0.25) is 0 Å². The molecule has 0 spiro atoms. The van der Waals surface area contributed by atoms with Crippen LogP contribution in [0.25, 0.3) is 0 Å². The zero-order chi connectivity index (χ0) is 10.9. The Bertz CT molecular complexity index is 291. The molecule has 0 saturated carbocycles. The summed E-state index contributed by atoms with van der Waals surface area (Å²) in [5.74, 6) is -0.520. The molecule has 0 unspecified atom stereocenters. The van der Waals surface area contributed by atoms with Gasteiger partial charge in [0.05, 0.1) is 12.7 Å². The van der Waals surface area contributed by atoms with E-state index in [0.29, 0.717) is 5.56 Å². The summed E-state index contributed by atoms with van der Waals surface area (Å²) in [7, 11) is 1.44. The van der Waals surface area contributed by atoms with Crippen molar-refractivity contribution >= 4 is 5.97 Å². The van der Waals surface area contributed by atoms with Crippen LogP contribution in [0.1, 0.15) is 10.4 Å². The van der Waals surface area contributed by atoms with Crippen molar-refractivity contribution in [3.05, 3.63) is 35.9 Å². The van der Waals surface area contributed by atoms with E-state index in [2.05, 4.69) is 20.0 Å². The highest BCUT2D eigenvalue weighted by molar-refractivity contribution is 5.88. The van der Waals surface area contributed by atoms with Crippen molar-refractivity contribution in [3.8, 4) is 0 Å². The molecule has 0 heterocycles. The third kappa shape index (κ3) is 4.52. The van der Waals surface area contributed by atoms with E-state index in [0.717, 1.165) is 0 Å². The van der Waals surface area contributed by atoms with Gasteiger partial charge in [0, 0.05) is 0 Å². The van der Waals surface area contributed by atoms with Crippen molar-refractivity contribution in [2.45, 2.75) is 0 Å². The Morgan fingerprint density at radius 1 is 1.33 bits per heavy atom. The van der Waals surface area contributed by atoms with Crippen molar-refractivity contribution in [1.29, 1.82) is 0 Å². The minimum absolute atomic E-state index is 0.0541. The number of hydrogen-bond acceptors (Lipinski definition) is 6. The lowest BCUT2D eigenvalue weighted by molar-refractivity contribution is -0.160. The predicted octanol–water partition coefficient (Wildman–Crippen LogP) is 0.388. The van der Waals surface area contributed by atoms with Gasteiger partial charge in [0.25, 0.3) is 0 Å².